The number of ether oxygens (including phenoxy) is 1. The van der Waals surface area contributed by atoms with Crippen molar-refractivity contribution in [3.63, 3.8) is 0 Å². The van der Waals surface area contributed by atoms with E-state index in [-0.39, 0.29) is 40.7 Å². The molecule has 3 amide bonds. The number of carbonyl (C=O) groups is 4. The first kappa shape index (κ1) is 31.5. The third-order valence-electron chi connectivity index (χ3n) is 6.16. The van der Waals surface area contributed by atoms with Gasteiger partial charge < -0.3 is 15.4 Å². The number of sulfonamides is 1. The van der Waals surface area contributed by atoms with Gasteiger partial charge in [0.2, 0.25) is 0 Å². The van der Waals surface area contributed by atoms with Crippen molar-refractivity contribution >= 4 is 33.7 Å². The third kappa shape index (κ3) is 9.03. The van der Waals surface area contributed by atoms with Crippen LogP contribution in [0.15, 0.2) is 102 Å². The Labute approximate surface area is 252 Å². The second-order valence-electron chi connectivity index (χ2n) is 9.35. The Kier molecular flexibility index (Phi) is 10.5. The van der Waals surface area contributed by atoms with Gasteiger partial charge >= 0.3 is 5.97 Å². The molecular formula is C31H27FN4O7S. The summed E-state index contributed by atoms with van der Waals surface area (Å²) in [7, 11) is -4.30. The SMILES string of the molecule is O=C(CNC(=O)c1ccc(C(=O)NS(=O)(=O)c2ccc(C(=O)NCCc3ccc(F)cc3)cc2)cn1)OCc1ccccc1. The van der Waals surface area contributed by atoms with Crippen LogP contribution < -0.4 is 15.4 Å². The molecule has 0 spiro atoms. The number of hydrogen-bond acceptors (Lipinski definition) is 8. The molecule has 0 saturated carbocycles. The van der Waals surface area contributed by atoms with E-state index < -0.39 is 40.3 Å². The van der Waals surface area contributed by atoms with Crippen molar-refractivity contribution in [2.75, 3.05) is 13.1 Å². The molecule has 0 saturated heterocycles. The Morgan fingerprint density at radius 3 is 2.07 bits per heavy atom. The summed E-state index contributed by atoms with van der Waals surface area (Å²) in [6.45, 7) is -0.0549. The lowest BCUT2D eigenvalue weighted by molar-refractivity contribution is -0.143. The van der Waals surface area contributed by atoms with Gasteiger partial charge in [-0.1, -0.05) is 42.5 Å². The molecule has 3 N–H and O–H groups in total. The summed E-state index contributed by atoms with van der Waals surface area (Å²) in [5.41, 5.74) is 1.60. The van der Waals surface area contributed by atoms with Gasteiger partial charge in [-0.15, -0.1) is 0 Å². The molecule has 0 radical (unpaired) electrons. The van der Waals surface area contributed by atoms with Crippen LogP contribution in [0, 0.1) is 5.82 Å². The molecule has 13 heteroatoms. The van der Waals surface area contributed by atoms with Gasteiger partial charge in [-0.25, -0.2) is 17.5 Å². The molecule has 4 rings (SSSR count). The van der Waals surface area contributed by atoms with Gasteiger partial charge in [0.25, 0.3) is 27.7 Å². The quantitative estimate of drug-likeness (QED) is 0.204. The van der Waals surface area contributed by atoms with Gasteiger partial charge in [0.05, 0.1) is 10.5 Å². The van der Waals surface area contributed by atoms with E-state index in [2.05, 4.69) is 15.6 Å². The van der Waals surface area contributed by atoms with Crippen LogP contribution in [0.25, 0.3) is 0 Å². The van der Waals surface area contributed by atoms with Gasteiger partial charge in [0.15, 0.2) is 0 Å². The van der Waals surface area contributed by atoms with Gasteiger partial charge in [0.1, 0.15) is 24.7 Å². The van der Waals surface area contributed by atoms with Gasteiger partial charge in [-0.3, -0.25) is 24.2 Å². The molecule has 0 aliphatic rings. The van der Waals surface area contributed by atoms with E-state index in [1.165, 1.54) is 48.5 Å². The average Bonchev–Trinajstić information content (AvgIpc) is 3.04. The van der Waals surface area contributed by atoms with Crippen LogP contribution in [-0.4, -0.2) is 50.2 Å². The number of carbonyl (C=O) groups excluding carboxylic acids is 4. The summed E-state index contributed by atoms with van der Waals surface area (Å²) in [5.74, 6) is -3.12. The van der Waals surface area contributed by atoms with E-state index in [1.54, 1.807) is 36.4 Å². The Hall–Kier alpha value is -5.43. The van der Waals surface area contributed by atoms with E-state index in [4.69, 9.17) is 4.74 Å². The standard InChI is InChI=1S/C31H27FN4O7S/c32-25-11-6-21(7-12-25)16-17-33-29(38)23-8-13-26(14-9-23)44(41,42)36-30(39)24-10-15-27(34-18-24)31(40)35-19-28(37)43-20-22-4-2-1-3-5-22/h1-15,18H,16-17,19-20H2,(H,33,38)(H,35,40)(H,36,39). The lowest BCUT2D eigenvalue weighted by Gasteiger charge is -2.09. The predicted octanol–water partition coefficient (Wildman–Crippen LogP) is 2.79. The summed E-state index contributed by atoms with van der Waals surface area (Å²) in [6.07, 6.45) is 1.50. The molecule has 1 heterocycles. The van der Waals surface area contributed by atoms with E-state index >= 15 is 0 Å². The number of halogens is 1. The smallest absolute Gasteiger partial charge is 0.325 e. The third-order valence-corrected chi connectivity index (χ3v) is 7.51. The summed E-state index contributed by atoms with van der Waals surface area (Å²) in [5, 5.41) is 5.06. The van der Waals surface area contributed by atoms with E-state index in [1.807, 2.05) is 10.8 Å². The molecule has 0 fully saturated rings. The van der Waals surface area contributed by atoms with Crippen LogP contribution >= 0.6 is 0 Å². The van der Waals surface area contributed by atoms with Crippen LogP contribution in [0.4, 0.5) is 4.39 Å². The number of hydrogen-bond donors (Lipinski definition) is 3. The Bertz CT molecular complexity index is 1730. The largest absolute Gasteiger partial charge is 0.460 e. The fourth-order valence-electron chi connectivity index (χ4n) is 3.79. The van der Waals surface area contributed by atoms with Crippen molar-refractivity contribution in [3.8, 4) is 0 Å². The first-order valence-corrected chi connectivity index (χ1v) is 14.7. The molecule has 0 unspecified atom stereocenters. The van der Waals surface area contributed by atoms with Crippen molar-refractivity contribution in [2.45, 2.75) is 17.9 Å². The van der Waals surface area contributed by atoms with Crippen molar-refractivity contribution in [1.29, 1.82) is 0 Å². The summed E-state index contributed by atoms with van der Waals surface area (Å²) in [4.78, 5) is 52.8. The minimum absolute atomic E-state index is 0.0556. The fourth-order valence-corrected chi connectivity index (χ4v) is 4.77. The van der Waals surface area contributed by atoms with Crippen molar-refractivity contribution in [2.24, 2.45) is 0 Å². The number of esters is 1. The number of nitrogens with one attached hydrogen (secondary N) is 3. The van der Waals surface area contributed by atoms with Crippen LogP contribution in [0.1, 0.15) is 42.3 Å². The van der Waals surface area contributed by atoms with Gasteiger partial charge in [0, 0.05) is 18.3 Å². The summed E-state index contributed by atoms with van der Waals surface area (Å²) >= 11 is 0. The highest BCUT2D eigenvalue weighted by atomic mass is 32.2. The fraction of sp³-hybridized carbons (Fsp3) is 0.129. The highest BCUT2D eigenvalue weighted by Gasteiger charge is 2.20. The molecule has 0 aliphatic heterocycles. The normalized spacial score (nSPS) is 10.8. The summed E-state index contributed by atoms with van der Waals surface area (Å²) in [6, 6.07) is 22.3. The molecule has 0 aliphatic carbocycles. The Balaban J connectivity index is 1.24. The summed E-state index contributed by atoms with van der Waals surface area (Å²) < 4.78 is 45.5. The highest BCUT2D eigenvalue weighted by molar-refractivity contribution is 7.90. The molecule has 0 bridgehead atoms. The van der Waals surface area contributed by atoms with Gasteiger partial charge in [-0.05, 0) is 66.1 Å². The molecule has 0 atom stereocenters. The number of amides is 3. The minimum Gasteiger partial charge on any atom is -0.460 e. The molecule has 4 aromatic rings. The zero-order chi connectivity index (χ0) is 31.5. The topological polar surface area (TPSA) is 161 Å². The zero-order valence-corrected chi connectivity index (χ0v) is 24.0. The van der Waals surface area contributed by atoms with Gasteiger partial charge in [-0.2, -0.15) is 0 Å². The molecule has 1 aromatic heterocycles. The first-order valence-electron chi connectivity index (χ1n) is 13.2. The van der Waals surface area contributed by atoms with Crippen LogP contribution in [0.2, 0.25) is 0 Å². The molecule has 3 aromatic carbocycles. The highest BCUT2D eigenvalue weighted by Crippen LogP contribution is 2.12. The van der Waals surface area contributed by atoms with Crippen LogP contribution in [0.3, 0.4) is 0 Å². The van der Waals surface area contributed by atoms with Crippen LogP contribution in [-0.2, 0) is 32.6 Å². The van der Waals surface area contributed by atoms with Crippen molar-refractivity contribution in [3.05, 3.63) is 131 Å². The maximum absolute atomic E-state index is 13.0. The number of benzene rings is 3. The lowest BCUT2D eigenvalue weighted by Crippen LogP contribution is -2.32. The maximum Gasteiger partial charge on any atom is 0.325 e. The second kappa shape index (κ2) is 14.6. The number of pyridine rings is 1. The average molecular weight is 619 g/mol. The number of rotatable bonds is 12. The van der Waals surface area contributed by atoms with E-state index in [0.717, 1.165) is 17.3 Å². The molecular weight excluding hydrogens is 591 g/mol. The first-order chi connectivity index (χ1) is 21.1. The second-order valence-corrected chi connectivity index (χ2v) is 11.0. The monoisotopic (exact) mass is 618 g/mol. The molecule has 11 nitrogen and oxygen atoms in total. The van der Waals surface area contributed by atoms with E-state index in [0.29, 0.717) is 6.42 Å². The van der Waals surface area contributed by atoms with Crippen molar-refractivity contribution < 1.29 is 36.7 Å². The van der Waals surface area contributed by atoms with Crippen molar-refractivity contribution in [1.82, 2.24) is 20.3 Å². The molecule has 44 heavy (non-hydrogen) atoms. The van der Waals surface area contributed by atoms with Crippen LogP contribution in [0.5, 0.6) is 0 Å². The minimum atomic E-state index is -4.30. The Morgan fingerprint density at radius 2 is 1.41 bits per heavy atom. The Morgan fingerprint density at radius 1 is 0.727 bits per heavy atom. The maximum atomic E-state index is 13.0. The van der Waals surface area contributed by atoms with E-state index in [9.17, 15) is 32.0 Å². The predicted molar refractivity (Wildman–Crippen MR) is 156 cm³/mol. The zero-order valence-electron chi connectivity index (χ0n) is 23.2. The number of nitrogens with zero attached hydrogens (tertiary/aromatic N) is 1. The lowest BCUT2D eigenvalue weighted by atomic mass is 10.1. The molecule has 226 valence electrons. The number of aromatic nitrogens is 1.